The van der Waals surface area contributed by atoms with Crippen LogP contribution in [0.25, 0.3) is 0 Å². The van der Waals surface area contributed by atoms with E-state index >= 15 is 0 Å². The van der Waals surface area contributed by atoms with E-state index in [0.717, 1.165) is 24.1 Å². The van der Waals surface area contributed by atoms with Crippen LogP contribution in [0.2, 0.25) is 0 Å². The van der Waals surface area contributed by atoms with E-state index in [4.69, 9.17) is 9.47 Å². The molecule has 0 unspecified atom stereocenters. The molecule has 0 aliphatic carbocycles. The first-order valence-corrected chi connectivity index (χ1v) is 11.1. The summed E-state index contributed by atoms with van der Waals surface area (Å²) in [5, 5.41) is 0. The van der Waals surface area contributed by atoms with Crippen molar-refractivity contribution in [1.82, 2.24) is 9.80 Å². The van der Waals surface area contributed by atoms with Crippen molar-refractivity contribution in [3.05, 3.63) is 71.0 Å². The highest BCUT2D eigenvalue weighted by molar-refractivity contribution is 5.82. The van der Waals surface area contributed by atoms with Gasteiger partial charge in [-0.3, -0.25) is 9.69 Å². The van der Waals surface area contributed by atoms with Crippen LogP contribution in [0, 0.1) is 5.82 Å². The molecule has 6 heteroatoms. The first kappa shape index (κ1) is 20.6. The number of fused-ring (bicyclic) bond motifs is 2. The van der Waals surface area contributed by atoms with Crippen LogP contribution in [0.1, 0.15) is 36.1 Å². The first-order chi connectivity index (χ1) is 15.0. The van der Waals surface area contributed by atoms with Crippen LogP contribution in [0.5, 0.6) is 0 Å². The number of hydrogen-bond donors (Lipinski definition) is 0. The fourth-order valence-electron chi connectivity index (χ4n) is 5.40. The summed E-state index contributed by atoms with van der Waals surface area (Å²) < 4.78 is 25.7. The number of amides is 1. The zero-order valence-corrected chi connectivity index (χ0v) is 18.0. The van der Waals surface area contributed by atoms with Gasteiger partial charge in [-0.25, -0.2) is 4.39 Å². The van der Waals surface area contributed by atoms with Crippen LogP contribution in [0.15, 0.2) is 48.5 Å². The molecule has 2 aromatic rings. The van der Waals surface area contributed by atoms with Crippen molar-refractivity contribution < 1.29 is 18.7 Å². The zero-order chi connectivity index (χ0) is 21.5. The SMILES string of the molecule is C[C@@H]1CN(C)[C@H]2C[C@H](C(=O)N3CCc4ccccc4[C@@H]3c3ccc(F)cc3)OC[C@@H]2O1. The first-order valence-electron chi connectivity index (χ1n) is 11.1. The van der Waals surface area contributed by atoms with E-state index in [9.17, 15) is 9.18 Å². The number of likely N-dealkylation sites (N-methyl/N-ethyl adjacent to an activating group) is 1. The van der Waals surface area contributed by atoms with Crippen molar-refractivity contribution in [2.45, 2.75) is 50.2 Å². The molecule has 0 bridgehead atoms. The Morgan fingerprint density at radius 3 is 2.71 bits per heavy atom. The van der Waals surface area contributed by atoms with E-state index in [2.05, 4.69) is 31.0 Å². The van der Waals surface area contributed by atoms with E-state index < -0.39 is 6.10 Å². The molecular formula is C25H29FN2O3. The predicted molar refractivity (Wildman–Crippen MR) is 115 cm³/mol. The largest absolute Gasteiger partial charge is 0.370 e. The number of benzene rings is 2. The summed E-state index contributed by atoms with van der Waals surface area (Å²) in [6.07, 6.45) is 1.12. The standard InChI is InChI=1S/C25H29FN2O3/c1-16-14-27(2)21-13-22(30-15-23(21)31-16)25(29)28-12-11-17-5-3-4-6-20(17)24(28)18-7-9-19(26)10-8-18/h3-10,16,21-24H,11-15H2,1-2H3/t16-,21+,22-,23+,24+/m1/s1. The number of halogens is 1. The zero-order valence-electron chi connectivity index (χ0n) is 18.0. The summed E-state index contributed by atoms with van der Waals surface area (Å²) in [4.78, 5) is 17.9. The lowest BCUT2D eigenvalue weighted by Crippen LogP contribution is -2.60. The van der Waals surface area contributed by atoms with Gasteiger partial charge in [0.2, 0.25) is 0 Å². The maximum absolute atomic E-state index is 13.7. The molecule has 2 saturated heterocycles. The highest BCUT2D eigenvalue weighted by atomic mass is 19.1. The number of carbonyl (C=O) groups excluding carboxylic acids is 1. The molecule has 5 atom stereocenters. The molecule has 3 aliphatic rings. The molecule has 1 amide bonds. The number of morpholine rings is 1. The Bertz CT molecular complexity index is 950. The molecule has 0 spiro atoms. The number of nitrogens with zero attached hydrogens (tertiary/aromatic N) is 2. The summed E-state index contributed by atoms with van der Waals surface area (Å²) in [5.41, 5.74) is 3.26. The van der Waals surface area contributed by atoms with E-state index in [1.165, 1.54) is 17.7 Å². The lowest BCUT2D eigenvalue weighted by atomic mass is 9.87. The third-order valence-electron chi connectivity index (χ3n) is 6.89. The van der Waals surface area contributed by atoms with Crippen molar-refractivity contribution in [2.24, 2.45) is 0 Å². The van der Waals surface area contributed by atoms with Crippen molar-refractivity contribution in [3.8, 4) is 0 Å². The lowest BCUT2D eigenvalue weighted by molar-refractivity contribution is -0.187. The summed E-state index contributed by atoms with van der Waals surface area (Å²) in [6.45, 7) is 3.98. The molecule has 31 heavy (non-hydrogen) atoms. The summed E-state index contributed by atoms with van der Waals surface area (Å²) >= 11 is 0. The normalized spacial score (nSPS) is 31.1. The molecule has 0 radical (unpaired) electrons. The third-order valence-corrected chi connectivity index (χ3v) is 6.89. The Morgan fingerprint density at radius 2 is 1.90 bits per heavy atom. The van der Waals surface area contributed by atoms with Gasteiger partial charge in [0.25, 0.3) is 5.91 Å². The second-order valence-electron chi connectivity index (χ2n) is 8.98. The van der Waals surface area contributed by atoms with E-state index in [1.54, 1.807) is 12.1 Å². The second kappa shape index (κ2) is 8.34. The highest BCUT2D eigenvalue weighted by Gasteiger charge is 2.44. The maximum atomic E-state index is 13.7. The molecule has 2 fully saturated rings. The summed E-state index contributed by atoms with van der Waals surface area (Å²) in [5.74, 6) is -0.267. The topological polar surface area (TPSA) is 42.0 Å². The number of ether oxygens (including phenoxy) is 2. The molecular weight excluding hydrogens is 395 g/mol. The van der Waals surface area contributed by atoms with Crippen LogP contribution in [-0.2, 0) is 20.7 Å². The smallest absolute Gasteiger partial charge is 0.252 e. The molecule has 0 saturated carbocycles. The number of rotatable bonds is 2. The number of hydrogen-bond acceptors (Lipinski definition) is 4. The van der Waals surface area contributed by atoms with Crippen LogP contribution >= 0.6 is 0 Å². The minimum atomic E-state index is -0.492. The van der Waals surface area contributed by atoms with Gasteiger partial charge < -0.3 is 14.4 Å². The van der Waals surface area contributed by atoms with Crippen LogP contribution < -0.4 is 0 Å². The van der Waals surface area contributed by atoms with Crippen molar-refractivity contribution in [1.29, 1.82) is 0 Å². The van der Waals surface area contributed by atoms with Gasteiger partial charge in [-0.05, 0) is 49.2 Å². The Kier molecular flexibility index (Phi) is 5.54. The monoisotopic (exact) mass is 424 g/mol. The van der Waals surface area contributed by atoms with E-state index in [1.807, 2.05) is 17.0 Å². The predicted octanol–water partition coefficient (Wildman–Crippen LogP) is 3.18. The lowest BCUT2D eigenvalue weighted by Gasteiger charge is -2.47. The molecule has 0 N–H and O–H groups in total. The van der Waals surface area contributed by atoms with E-state index in [0.29, 0.717) is 19.6 Å². The van der Waals surface area contributed by atoms with Gasteiger partial charge in [0, 0.05) is 25.6 Å². The van der Waals surface area contributed by atoms with Crippen LogP contribution in [-0.4, -0.2) is 66.8 Å². The van der Waals surface area contributed by atoms with Crippen molar-refractivity contribution in [3.63, 3.8) is 0 Å². The van der Waals surface area contributed by atoms with Gasteiger partial charge >= 0.3 is 0 Å². The average Bonchev–Trinajstić information content (AvgIpc) is 2.78. The molecule has 3 aliphatic heterocycles. The van der Waals surface area contributed by atoms with Gasteiger partial charge in [-0.2, -0.15) is 0 Å². The minimum absolute atomic E-state index is 0.00720. The Morgan fingerprint density at radius 1 is 1.13 bits per heavy atom. The molecule has 3 heterocycles. The second-order valence-corrected chi connectivity index (χ2v) is 8.98. The molecule has 0 aromatic heterocycles. The molecule has 5 nitrogen and oxygen atoms in total. The van der Waals surface area contributed by atoms with Gasteiger partial charge in [-0.1, -0.05) is 36.4 Å². The van der Waals surface area contributed by atoms with Gasteiger partial charge in [0.1, 0.15) is 11.9 Å². The van der Waals surface area contributed by atoms with Crippen molar-refractivity contribution >= 4 is 5.91 Å². The molecule has 164 valence electrons. The number of carbonyl (C=O) groups is 1. The fourth-order valence-corrected chi connectivity index (χ4v) is 5.40. The maximum Gasteiger partial charge on any atom is 0.252 e. The third kappa shape index (κ3) is 3.88. The van der Waals surface area contributed by atoms with Gasteiger partial charge in [-0.15, -0.1) is 0 Å². The quantitative estimate of drug-likeness (QED) is 0.743. The Labute approximate surface area is 182 Å². The van der Waals surface area contributed by atoms with Gasteiger partial charge in [0.15, 0.2) is 0 Å². The Balaban J connectivity index is 1.43. The highest BCUT2D eigenvalue weighted by Crippen LogP contribution is 2.37. The fraction of sp³-hybridized carbons (Fsp3) is 0.480. The molecule has 5 rings (SSSR count). The van der Waals surface area contributed by atoms with E-state index in [-0.39, 0.29) is 36.0 Å². The summed E-state index contributed by atoms with van der Waals surface area (Å²) in [7, 11) is 2.10. The van der Waals surface area contributed by atoms with Crippen LogP contribution in [0.3, 0.4) is 0 Å². The molecule has 2 aromatic carbocycles. The minimum Gasteiger partial charge on any atom is -0.370 e. The average molecular weight is 425 g/mol. The Hall–Kier alpha value is -2.28. The van der Waals surface area contributed by atoms with Gasteiger partial charge in [0.05, 0.1) is 24.9 Å². The van der Waals surface area contributed by atoms with Crippen LogP contribution in [0.4, 0.5) is 4.39 Å². The summed E-state index contributed by atoms with van der Waals surface area (Å²) in [6, 6.07) is 14.7. The van der Waals surface area contributed by atoms with Crippen molar-refractivity contribution in [2.75, 3.05) is 26.7 Å².